The van der Waals surface area contributed by atoms with Crippen molar-refractivity contribution in [3.05, 3.63) is 90.0 Å². The van der Waals surface area contributed by atoms with Crippen LogP contribution in [0.3, 0.4) is 0 Å². The summed E-state index contributed by atoms with van der Waals surface area (Å²) < 4.78 is 15.2. The maximum Gasteiger partial charge on any atom is 0.255 e. The van der Waals surface area contributed by atoms with Crippen LogP contribution in [0.25, 0.3) is 11.0 Å². The van der Waals surface area contributed by atoms with E-state index >= 15 is 0 Å². The molecule has 1 aliphatic rings. The van der Waals surface area contributed by atoms with Crippen molar-refractivity contribution in [3.8, 4) is 0 Å². The molecule has 2 heterocycles. The number of piperazine rings is 1. The highest BCUT2D eigenvalue weighted by Gasteiger charge is 2.18. The summed E-state index contributed by atoms with van der Waals surface area (Å²) in [5, 5.41) is 2.88. The van der Waals surface area contributed by atoms with Gasteiger partial charge in [0.05, 0.1) is 11.0 Å². The molecule has 1 aliphatic heterocycles. The van der Waals surface area contributed by atoms with E-state index in [9.17, 15) is 9.18 Å². The van der Waals surface area contributed by atoms with Crippen molar-refractivity contribution in [1.82, 2.24) is 14.5 Å². The van der Waals surface area contributed by atoms with Crippen LogP contribution in [-0.2, 0) is 13.5 Å². The van der Waals surface area contributed by atoms with E-state index in [-0.39, 0.29) is 11.7 Å². The zero-order valence-corrected chi connectivity index (χ0v) is 19.2. The fourth-order valence-electron chi connectivity index (χ4n) is 4.48. The van der Waals surface area contributed by atoms with Crippen LogP contribution in [0.4, 0.5) is 15.8 Å². The molecule has 0 bridgehead atoms. The van der Waals surface area contributed by atoms with Gasteiger partial charge >= 0.3 is 0 Å². The quantitative estimate of drug-likeness (QED) is 0.468. The van der Waals surface area contributed by atoms with Gasteiger partial charge in [-0.3, -0.25) is 9.69 Å². The molecule has 5 rings (SSSR count). The zero-order valence-electron chi connectivity index (χ0n) is 19.2. The minimum atomic E-state index is -0.364. The van der Waals surface area contributed by atoms with Gasteiger partial charge in [-0.05, 0) is 54.6 Å². The number of carbonyl (C=O) groups is 1. The van der Waals surface area contributed by atoms with Crippen molar-refractivity contribution in [2.75, 3.05) is 42.9 Å². The number of hydrogen-bond donors (Lipinski definition) is 1. The molecule has 7 heteroatoms. The molecule has 1 fully saturated rings. The topological polar surface area (TPSA) is 53.4 Å². The molecular formula is C27H28FN5O. The van der Waals surface area contributed by atoms with E-state index in [1.807, 2.05) is 25.2 Å². The Morgan fingerprint density at radius 3 is 2.44 bits per heavy atom. The molecular weight excluding hydrogens is 429 g/mol. The summed E-state index contributed by atoms with van der Waals surface area (Å²) in [5.74, 6) is 0.393. The maximum atomic E-state index is 13.1. The number of nitrogens with zero attached hydrogens (tertiary/aromatic N) is 4. The number of aromatic nitrogens is 2. The number of nitrogens with one attached hydrogen (secondary N) is 1. The minimum Gasteiger partial charge on any atom is -0.369 e. The third-order valence-corrected chi connectivity index (χ3v) is 6.48. The van der Waals surface area contributed by atoms with Crippen molar-refractivity contribution in [1.29, 1.82) is 0 Å². The number of carbonyl (C=O) groups excluding carboxylic acids is 1. The van der Waals surface area contributed by atoms with Crippen molar-refractivity contribution in [3.63, 3.8) is 0 Å². The Balaban J connectivity index is 1.20. The molecule has 1 N–H and O–H groups in total. The molecule has 1 aromatic heterocycles. The highest BCUT2D eigenvalue weighted by Crippen LogP contribution is 2.21. The molecule has 4 aromatic rings. The van der Waals surface area contributed by atoms with E-state index in [2.05, 4.69) is 50.0 Å². The Kier molecular flexibility index (Phi) is 6.27. The number of rotatable bonds is 6. The van der Waals surface area contributed by atoms with E-state index in [4.69, 9.17) is 4.98 Å². The van der Waals surface area contributed by atoms with Gasteiger partial charge in [-0.1, -0.05) is 18.2 Å². The predicted molar refractivity (Wildman–Crippen MR) is 134 cm³/mol. The summed E-state index contributed by atoms with van der Waals surface area (Å²) in [6.45, 7) is 5.11. The Bertz CT molecular complexity index is 1280. The molecule has 0 unspecified atom stereocenters. The predicted octanol–water partition coefficient (Wildman–Crippen LogP) is 4.33. The van der Waals surface area contributed by atoms with Crippen LogP contribution in [0.15, 0.2) is 72.8 Å². The van der Waals surface area contributed by atoms with Crippen molar-refractivity contribution in [2.24, 2.45) is 7.05 Å². The van der Waals surface area contributed by atoms with Gasteiger partial charge in [0.25, 0.3) is 5.91 Å². The molecule has 3 aromatic carbocycles. The number of para-hydroxylation sites is 1. The number of anilines is 2. The molecule has 0 spiro atoms. The van der Waals surface area contributed by atoms with Gasteiger partial charge in [0.1, 0.15) is 11.6 Å². The minimum absolute atomic E-state index is 0.273. The summed E-state index contributed by atoms with van der Waals surface area (Å²) in [7, 11) is 2.04. The smallest absolute Gasteiger partial charge is 0.255 e. The Hall–Kier alpha value is -3.71. The average Bonchev–Trinajstić information content (AvgIpc) is 3.18. The lowest BCUT2D eigenvalue weighted by Crippen LogP contribution is -2.47. The Morgan fingerprint density at radius 1 is 0.971 bits per heavy atom. The van der Waals surface area contributed by atoms with Crippen molar-refractivity contribution >= 4 is 28.3 Å². The zero-order chi connectivity index (χ0) is 23.5. The highest BCUT2D eigenvalue weighted by molar-refractivity contribution is 6.04. The van der Waals surface area contributed by atoms with Crippen LogP contribution in [0.2, 0.25) is 0 Å². The van der Waals surface area contributed by atoms with Crippen LogP contribution in [0, 0.1) is 5.82 Å². The number of fused-ring (bicyclic) bond motifs is 1. The lowest BCUT2D eigenvalue weighted by molar-refractivity contribution is 0.102. The second-order valence-corrected chi connectivity index (χ2v) is 8.67. The molecule has 0 atom stereocenters. The number of imidazole rings is 1. The Morgan fingerprint density at radius 2 is 1.71 bits per heavy atom. The number of amides is 1. The van der Waals surface area contributed by atoms with Gasteiger partial charge in [-0.2, -0.15) is 0 Å². The standard InChI is InChI=1S/C27H28FN5O/c1-31-25-12-11-22(29-27(34)20-7-9-21(28)10-8-20)19-24(25)30-26(31)13-14-32-15-17-33(18-16-32)23-5-3-2-4-6-23/h2-12,19H,13-18H2,1H3,(H,29,34). The fourth-order valence-corrected chi connectivity index (χ4v) is 4.48. The van der Waals surface area contributed by atoms with Crippen LogP contribution in [0.5, 0.6) is 0 Å². The molecule has 0 aliphatic carbocycles. The van der Waals surface area contributed by atoms with E-state index in [1.165, 1.54) is 30.0 Å². The molecule has 0 radical (unpaired) electrons. The Labute approximate surface area is 198 Å². The van der Waals surface area contributed by atoms with Gasteiger partial charge in [0.15, 0.2) is 0 Å². The van der Waals surface area contributed by atoms with Gasteiger partial charge in [-0.15, -0.1) is 0 Å². The van der Waals surface area contributed by atoms with Gasteiger partial charge in [-0.25, -0.2) is 9.37 Å². The number of hydrogen-bond acceptors (Lipinski definition) is 4. The SMILES string of the molecule is Cn1c(CCN2CCN(c3ccccc3)CC2)nc2cc(NC(=O)c3ccc(F)cc3)ccc21. The first-order chi connectivity index (χ1) is 16.6. The lowest BCUT2D eigenvalue weighted by atomic mass is 10.2. The third kappa shape index (κ3) is 4.79. The summed E-state index contributed by atoms with van der Waals surface area (Å²) in [4.78, 5) is 22.2. The summed E-state index contributed by atoms with van der Waals surface area (Å²) in [6, 6.07) is 21.8. The van der Waals surface area contributed by atoms with Gasteiger partial charge < -0.3 is 14.8 Å². The second kappa shape index (κ2) is 9.65. The number of benzene rings is 3. The van der Waals surface area contributed by atoms with E-state index < -0.39 is 0 Å². The van der Waals surface area contributed by atoms with E-state index in [0.717, 1.165) is 56.0 Å². The molecule has 0 saturated carbocycles. The van der Waals surface area contributed by atoms with Crippen molar-refractivity contribution in [2.45, 2.75) is 6.42 Å². The van der Waals surface area contributed by atoms with Gasteiger partial charge in [0.2, 0.25) is 0 Å². The summed E-state index contributed by atoms with van der Waals surface area (Å²) >= 11 is 0. The van der Waals surface area contributed by atoms with Crippen LogP contribution in [0.1, 0.15) is 16.2 Å². The summed E-state index contributed by atoms with van der Waals surface area (Å²) in [6.07, 6.45) is 0.869. The highest BCUT2D eigenvalue weighted by atomic mass is 19.1. The fraction of sp³-hybridized carbons (Fsp3) is 0.259. The molecule has 174 valence electrons. The van der Waals surface area contributed by atoms with E-state index in [1.54, 1.807) is 0 Å². The monoisotopic (exact) mass is 457 g/mol. The maximum absolute atomic E-state index is 13.1. The number of aryl methyl sites for hydroxylation is 1. The largest absolute Gasteiger partial charge is 0.369 e. The van der Waals surface area contributed by atoms with Crippen LogP contribution >= 0.6 is 0 Å². The second-order valence-electron chi connectivity index (χ2n) is 8.67. The average molecular weight is 458 g/mol. The first-order valence-electron chi connectivity index (χ1n) is 11.6. The first-order valence-corrected chi connectivity index (χ1v) is 11.6. The van der Waals surface area contributed by atoms with Crippen LogP contribution in [-0.4, -0.2) is 53.1 Å². The van der Waals surface area contributed by atoms with Gasteiger partial charge in [0, 0.05) is 63.1 Å². The molecule has 6 nitrogen and oxygen atoms in total. The normalized spacial score (nSPS) is 14.5. The molecule has 34 heavy (non-hydrogen) atoms. The third-order valence-electron chi connectivity index (χ3n) is 6.48. The number of halogens is 1. The lowest BCUT2D eigenvalue weighted by Gasteiger charge is -2.36. The first kappa shape index (κ1) is 22.1. The van der Waals surface area contributed by atoms with E-state index in [0.29, 0.717) is 11.3 Å². The van der Waals surface area contributed by atoms with Crippen LogP contribution < -0.4 is 10.2 Å². The molecule has 1 saturated heterocycles. The van der Waals surface area contributed by atoms with Crippen molar-refractivity contribution < 1.29 is 9.18 Å². The summed E-state index contributed by atoms with van der Waals surface area (Å²) in [5.41, 5.74) is 4.26. The molecule has 1 amide bonds.